The van der Waals surface area contributed by atoms with E-state index in [9.17, 15) is 10.1 Å². The number of aromatic nitrogens is 1. The summed E-state index contributed by atoms with van der Waals surface area (Å²) in [6.45, 7) is 7.27. The quantitative estimate of drug-likeness (QED) is 0.386. The Bertz CT molecular complexity index is 1270. The molecular weight excluding hydrogens is 500 g/mol. The maximum atomic E-state index is 13.7. The topological polar surface area (TPSA) is 146 Å². The zero-order chi connectivity index (χ0) is 26.9. The third-order valence-corrected chi connectivity index (χ3v) is 9.01. The second-order valence-corrected chi connectivity index (χ2v) is 11.8. The Morgan fingerprint density at radius 2 is 2.03 bits per heavy atom. The van der Waals surface area contributed by atoms with Crippen LogP contribution in [0.15, 0.2) is 17.1 Å². The van der Waals surface area contributed by atoms with Crippen molar-refractivity contribution in [1.29, 1.82) is 5.26 Å². The van der Waals surface area contributed by atoms with Crippen molar-refractivity contribution in [3.8, 4) is 11.9 Å². The van der Waals surface area contributed by atoms with Gasteiger partial charge in [-0.3, -0.25) is 4.79 Å². The highest BCUT2D eigenvalue weighted by molar-refractivity contribution is 7.16. The van der Waals surface area contributed by atoms with Crippen LogP contribution in [0.2, 0.25) is 0 Å². The van der Waals surface area contributed by atoms with Crippen molar-refractivity contribution < 1.29 is 9.53 Å². The Balaban J connectivity index is 1.47. The minimum atomic E-state index is -0.957. The van der Waals surface area contributed by atoms with Crippen molar-refractivity contribution in [1.82, 2.24) is 15.2 Å². The molecule has 2 aromatic rings. The number of aliphatic imine (C=N–C) groups is 1. The van der Waals surface area contributed by atoms with Crippen LogP contribution in [0.25, 0.3) is 0 Å². The number of nitrogen functional groups attached to an aromatic ring is 1. The average molecular weight is 537 g/mol. The van der Waals surface area contributed by atoms with E-state index in [0.717, 1.165) is 75.5 Å². The summed E-state index contributed by atoms with van der Waals surface area (Å²) < 4.78 is 6.32. The van der Waals surface area contributed by atoms with Crippen LogP contribution in [0, 0.1) is 11.3 Å². The van der Waals surface area contributed by atoms with E-state index >= 15 is 0 Å². The second kappa shape index (κ2) is 10.9. The Hall–Kier alpha value is -3.20. The largest absolute Gasteiger partial charge is 0.474 e. The van der Waals surface area contributed by atoms with E-state index in [1.54, 1.807) is 0 Å². The zero-order valence-electron chi connectivity index (χ0n) is 22.1. The molecule has 2 aromatic heterocycles. The van der Waals surface area contributed by atoms with Crippen LogP contribution in [0.5, 0.6) is 5.88 Å². The first-order chi connectivity index (χ1) is 18.3. The SMILES string of the molecule is CN1CCC(Oc2cc(N3CCNCC3)cc(C(N)=NC(=O)C3(C)CCCc4sc(N)c(C#N)c43)n2)CC1. The predicted molar refractivity (Wildman–Crippen MR) is 150 cm³/mol. The first-order valence-electron chi connectivity index (χ1n) is 13.3. The number of amidine groups is 1. The van der Waals surface area contributed by atoms with Crippen molar-refractivity contribution in [2.24, 2.45) is 10.7 Å². The molecule has 2 aliphatic heterocycles. The Labute approximate surface area is 227 Å². The second-order valence-electron chi connectivity index (χ2n) is 10.6. The number of rotatable bonds is 5. The lowest BCUT2D eigenvalue weighted by atomic mass is 9.72. The third kappa shape index (κ3) is 5.21. The molecule has 38 heavy (non-hydrogen) atoms. The fourth-order valence-electron chi connectivity index (χ4n) is 5.66. The Kier molecular flexibility index (Phi) is 7.56. The van der Waals surface area contributed by atoms with Crippen molar-refractivity contribution in [2.75, 3.05) is 56.9 Å². The van der Waals surface area contributed by atoms with Crippen LogP contribution in [-0.4, -0.2) is 74.0 Å². The summed E-state index contributed by atoms with van der Waals surface area (Å²) in [5, 5.41) is 13.6. The highest BCUT2D eigenvalue weighted by Crippen LogP contribution is 2.46. The van der Waals surface area contributed by atoms with Gasteiger partial charge in [-0.1, -0.05) is 0 Å². The van der Waals surface area contributed by atoms with Crippen LogP contribution in [0.1, 0.15) is 54.3 Å². The summed E-state index contributed by atoms with van der Waals surface area (Å²) in [6, 6.07) is 6.05. The molecule has 5 rings (SSSR count). The standard InChI is InChI=1S/C27H36N8O2S/c1-27(7-3-4-21-23(27)19(16-28)25(30)38-21)26(36)33-24(29)20-14-17(35-12-8-31-9-13-35)15-22(32-20)37-18-5-10-34(2)11-6-18/h14-15,18,31H,3-13,30H2,1-2H3,(H2,29,33,36). The predicted octanol–water partition coefficient (Wildman–Crippen LogP) is 2.01. The minimum absolute atomic E-state index is 0.0512. The number of thiophene rings is 1. The number of nitrogens with two attached hydrogens (primary N) is 2. The summed E-state index contributed by atoms with van der Waals surface area (Å²) in [5.74, 6) is 0.174. The first-order valence-corrected chi connectivity index (χ1v) is 14.1. The van der Waals surface area contributed by atoms with Crippen molar-refractivity contribution in [3.63, 3.8) is 0 Å². The minimum Gasteiger partial charge on any atom is -0.474 e. The van der Waals surface area contributed by atoms with E-state index in [1.807, 2.05) is 19.1 Å². The molecular formula is C27H36N8O2S. The average Bonchev–Trinajstić information content (AvgIpc) is 3.26. The smallest absolute Gasteiger partial charge is 0.258 e. The number of fused-ring (bicyclic) bond motifs is 1. The Morgan fingerprint density at radius 3 is 2.74 bits per heavy atom. The molecule has 1 aliphatic carbocycles. The Morgan fingerprint density at radius 1 is 1.29 bits per heavy atom. The number of ether oxygens (including phenoxy) is 1. The van der Waals surface area contributed by atoms with E-state index < -0.39 is 5.41 Å². The third-order valence-electron chi connectivity index (χ3n) is 7.93. The molecule has 1 unspecified atom stereocenters. The first kappa shape index (κ1) is 26.4. The number of pyridine rings is 1. The van der Waals surface area contributed by atoms with Gasteiger partial charge in [0.2, 0.25) is 5.88 Å². The zero-order valence-corrected chi connectivity index (χ0v) is 22.9. The number of nitrogens with one attached hydrogen (secondary N) is 1. The van der Waals surface area contributed by atoms with Crippen LogP contribution in [0.4, 0.5) is 10.7 Å². The normalized spacial score (nSPS) is 23.1. The molecule has 10 nitrogen and oxygen atoms in total. The van der Waals surface area contributed by atoms with Crippen LogP contribution in [0.3, 0.4) is 0 Å². The summed E-state index contributed by atoms with van der Waals surface area (Å²) >= 11 is 1.39. The molecule has 0 radical (unpaired) electrons. The number of amides is 1. The number of anilines is 2. The van der Waals surface area contributed by atoms with Crippen LogP contribution < -0.4 is 26.4 Å². The molecule has 11 heteroatoms. The molecule has 0 saturated carbocycles. The summed E-state index contributed by atoms with van der Waals surface area (Å²) in [6.07, 6.45) is 4.15. The number of hydrogen-bond acceptors (Lipinski definition) is 9. The van der Waals surface area contributed by atoms with Gasteiger partial charge in [0.15, 0.2) is 5.84 Å². The number of nitrogens with zero attached hydrogens (tertiary/aromatic N) is 5. The number of likely N-dealkylation sites (tertiary alicyclic amines) is 1. The summed E-state index contributed by atoms with van der Waals surface area (Å²) in [5.41, 5.74) is 14.1. The van der Waals surface area contributed by atoms with Gasteiger partial charge in [0.25, 0.3) is 5.91 Å². The van der Waals surface area contributed by atoms with E-state index in [-0.39, 0.29) is 17.8 Å². The molecule has 2 fully saturated rings. The van der Waals surface area contributed by atoms with E-state index in [4.69, 9.17) is 16.2 Å². The van der Waals surface area contributed by atoms with E-state index in [0.29, 0.717) is 34.1 Å². The number of hydrogen-bond donors (Lipinski definition) is 3. The summed E-state index contributed by atoms with van der Waals surface area (Å²) in [4.78, 5) is 28.3. The number of nitriles is 1. The van der Waals surface area contributed by atoms with Gasteiger partial charge in [0, 0.05) is 61.5 Å². The molecule has 1 amide bonds. The van der Waals surface area contributed by atoms with Gasteiger partial charge in [-0.05, 0) is 52.1 Å². The van der Waals surface area contributed by atoms with Crippen molar-refractivity contribution >= 4 is 33.8 Å². The van der Waals surface area contributed by atoms with Gasteiger partial charge in [-0.25, -0.2) is 4.98 Å². The van der Waals surface area contributed by atoms with Crippen molar-refractivity contribution in [2.45, 2.75) is 50.5 Å². The lowest BCUT2D eigenvalue weighted by Gasteiger charge is -2.32. The molecule has 0 bridgehead atoms. The maximum absolute atomic E-state index is 13.7. The maximum Gasteiger partial charge on any atom is 0.258 e. The number of aryl methyl sites for hydroxylation is 1. The van der Waals surface area contributed by atoms with E-state index in [1.165, 1.54) is 11.3 Å². The molecule has 202 valence electrons. The van der Waals surface area contributed by atoms with Crippen LogP contribution >= 0.6 is 11.3 Å². The molecule has 0 aromatic carbocycles. The van der Waals surface area contributed by atoms with Gasteiger partial charge < -0.3 is 31.3 Å². The summed E-state index contributed by atoms with van der Waals surface area (Å²) in [7, 11) is 2.12. The van der Waals surface area contributed by atoms with Gasteiger partial charge in [-0.2, -0.15) is 10.3 Å². The van der Waals surface area contributed by atoms with Crippen molar-refractivity contribution in [3.05, 3.63) is 33.8 Å². The number of piperidine rings is 1. The van der Waals surface area contributed by atoms with Gasteiger partial charge in [-0.15, -0.1) is 11.3 Å². The van der Waals surface area contributed by atoms with Gasteiger partial charge >= 0.3 is 0 Å². The van der Waals surface area contributed by atoms with Gasteiger partial charge in [0.1, 0.15) is 22.9 Å². The fourth-order valence-corrected chi connectivity index (χ4v) is 6.85. The molecule has 0 spiro atoms. The highest BCUT2D eigenvalue weighted by Gasteiger charge is 2.43. The molecule has 5 N–H and O–H groups in total. The molecule has 2 saturated heterocycles. The fraction of sp³-hybridized carbons (Fsp3) is 0.556. The number of carbonyl (C=O) groups excluding carboxylic acids is 1. The molecule has 3 aliphatic rings. The monoisotopic (exact) mass is 536 g/mol. The lowest BCUT2D eigenvalue weighted by Crippen LogP contribution is -2.43. The number of piperazine rings is 1. The van der Waals surface area contributed by atoms with E-state index in [2.05, 4.69) is 38.2 Å². The highest BCUT2D eigenvalue weighted by atomic mass is 32.1. The molecule has 1 atom stereocenters. The molecule has 4 heterocycles. The number of carbonyl (C=O) groups is 1. The van der Waals surface area contributed by atoms with Gasteiger partial charge in [0.05, 0.1) is 11.0 Å². The lowest BCUT2D eigenvalue weighted by molar-refractivity contribution is -0.123. The van der Waals surface area contributed by atoms with Crippen LogP contribution in [-0.2, 0) is 16.6 Å².